The molecule has 0 aliphatic heterocycles. The van der Waals surface area contributed by atoms with Crippen molar-refractivity contribution in [3.8, 4) is 0 Å². The Kier molecular flexibility index (Phi) is 3.53. The molecule has 0 fully saturated rings. The average Bonchev–Trinajstić information content (AvgIpc) is 1.92. The number of hydrogen-bond acceptors (Lipinski definition) is 1. The molecular weight excluding hydrogens is 148 g/mol. The molecule has 0 saturated carbocycles. The average molecular weight is 160 g/mol. The van der Waals surface area contributed by atoms with Gasteiger partial charge in [-0.3, -0.25) is 0 Å². The van der Waals surface area contributed by atoms with E-state index in [-0.39, 0.29) is 0 Å². The fourth-order valence-corrected chi connectivity index (χ4v) is 1.17. The Bertz CT molecular complexity index is 155. The van der Waals surface area contributed by atoms with E-state index in [2.05, 4.69) is 13.2 Å². The largest absolute Gasteiger partial charge is 0.305 e. The molecular formula is C7H12O2S. The van der Waals surface area contributed by atoms with Crippen molar-refractivity contribution in [1.29, 1.82) is 0 Å². The molecule has 2 nitrogen and oxygen atoms in total. The van der Waals surface area contributed by atoms with Crippen molar-refractivity contribution in [1.82, 2.24) is 0 Å². The van der Waals surface area contributed by atoms with Gasteiger partial charge in [0.2, 0.25) is 0 Å². The second-order valence-electron chi connectivity index (χ2n) is 1.97. The van der Waals surface area contributed by atoms with Gasteiger partial charge in [-0.2, -0.15) is 0 Å². The molecule has 0 aromatic carbocycles. The summed E-state index contributed by atoms with van der Waals surface area (Å²) in [5.41, 5.74) is 0. The van der Waals surface area contributed by atoms with E-state index in [4.69, 9.17) is 4.55 Å². The molecule has 0 spiro atoms. The molecule has 0 aromatic rings. The Labute approximate surface area is 63.9 Å². The molecule has 0 aliphatic carbocycles. The van der Waals surface area contributed by atoms with Crippen LogP contribution in [0, 0.1) is 0 Å². The summed E-state index contributed by atoms with van der Waals surface area (Å²) in [6.45, 7) is 8.76. The maximum absolute atomic E-state index is 10.7. The molecule has 0 aliphatic rings. The van der Waals surface area contributed by atoms with E-state index in [1.54, 1.807) is 0 Å². The third kappa shape index (κ3) is 1.55. The smallest absolute Gasteiger partial charge is 0.167 e. The van der Waals surface area contributed by atoms with Gasteiger partial charge < -0.3 is 4.55 Å². The van der Waals surface area contributed by atoms with Gasteiger partial charge in [-0.25, -0.2) is 4.21 Å². The van der Waals surface area contributed by atoms with Crippen LogP contribution in [0.25, 0.3) is 0 Å². The molecule has 0 saturated heterocycles. The monoisotopic (exact) mass is 160 g/mol. The second-order valence-corrected chi connectivity index (χ2v) is 3.22. The van der Waals surface area contributed by atoms with Gasteiger partial charge >= 0.3 is 0 Å². The molecule has 1 atom stereocenters. The molecule has 0 rings (SSSR count). The molecule has 0 bridgehead atoms. The quantitative estimate of drug-likeness (QED) is 0.502. The number of hydrogen-bond donors (Lipinski definition) is 1. The van der Waals surface area contributed by atoms with Gasteiger partial charge in [-0.15, -0.1) is 13.2 Å². The zero-order valence-electron chi connectivity index (χ0n) is 6.04. The van der Waals surface area contributed by atoms with Gasteiger partial charge in [0.15, 0.2) is 11.1 Å². The highest BCUT2D eigenvalue weighted by Gasteiger charge is 2.26. The lowest BCUT2D eigenvalue weighted by atomic mass is 10.1. The summed E-state index contributed by atoms with van der Waals surface area (Å²) in [7, 11) is 0. The van der Waals surface area contributed by atoms with Gasteiger partial charge in [0.25, 0.3) is 0 Å². The van der Waals surface area contributed by atoms with Crippen molar-refractivity contribution in [2.75, 3.05) is 0 Å². The van der Waals surface area contributed by atoms with Crippen LogP contribution in [-0.4, -0.2) is 13.5 Å². The Morgan fingerprint density at radius 2 is 2.00 bits per heavy atom. The summed E-state index contributed by atoms with van der Waals surface area (Å²) in [5.74, 6) is 0. The van der Waals surface area contributed by atoms with Crippen molar-refractivity contribution in [3.63, 3.8) is 0 Å². The van der Waals surface area contributed by atoms with E-state index in [0.29, 0.717) is 6.42 Å². The van der Waals surface area contributed by atoms with E-state index >= 15 is 0 Å². The van der Waals surface area contributed by atoms with Gasteiger partial charge in [0, 0.05) is 0 Å². The Morgan fingerprint density at radius 1 is 1.60 bits per heavy atom. The first-order valence-corrected chi connectivity index (χ1v) is 4.11. The van der Waals surface area contributed by atoms with Crippen LogP contribution >= 0.6 is 0 Å². The molecule has 0 amide bonds. The van der Waals surface area contributed by atoms with Crippen molar-refractivity contribution in [3.05, 3.63) is 25.3 Å². The third-order valence-electron chi connectivity index (χ3n) is 1.57. The predicted octanol–water partition coefficient (Wildman–Crippen LogP) is 1.73. The van der Waals surface area contributed by atoms with E-state index in [1.807, 2.05) is 6.92 Å². The molecule has 1 N–H and O–H groups in total. The lowest BCUT2D eigenvalue weighted by molar-refractivity contribution is 0.538. The zero-order valence-corrected chi connectivity index (χ0v) is 6.86. The maximum Gasteiger partial charge on any atom is 0.167 e. The standard InChI is InChI=1S/C7H12O2S/c1-4-7(5-2,6-3)10(8)9/h4-5H,1-2,6H2,3H3,(H,8,9). The van der Waals surface area contributed by atoms with Crippen LogP contribution in [0.4, 0.5) is 0 Å². The zero-order chi connectivity index (χ0) is 8.20. The third-order valence-corrected chi connectivity index (χ3v) is 2.84. The van der Waals surface area contributed by atoms with Crippen molar-refractivity contribution < 1.29 is 8.76 Å². The van der Waals surface area contributed by atoms with Crippen LogP contribution in [0.5, 0.6) is 0 Å². The minimum Gasteiger partial charge on any atom is -0.305 e. The molecule has 0 heterocycles. The summed E-state index contributed by atoms with van der Waals surface area (Å²) >= 11 is -1.90. The van der Waals surface area contributed by atoms with Crippen LogP contribution < -0.4 is 0 Å². The SMILES string of the molecule is C=CC(C=C)(CC)S(=O)O. The highest BCUT2D eigenvalue weighted by Crippen LogP contribution is 2.19. The molecule has 0 aromatic heterocycles. The van der Waals surface area contributed by atoms with E-state index in [0.717, 1.165) is 0 Å². The number of rotatable bonds is 4. The van der Waals surface area contributed by atoms with Gasteiger partial charge in [-0.05, 0) is 6.42 Å². The fraction of sp³-hybridized carbons (Fsp3) is 0.429. The molecule has 1 unspecified atom stereocenters. The minimum absolute atomic E-state index is 0.545. The van der Waals surface area contributed by atoms with Crippen LogP contribution in [0.2, 0.25) is 0 Å². The summed E-state index contributed by atoms with van der Waals surface area (Å²) in [6.07, 6.45) is 3.45. The molecule has 10 heavy (non-hydrogen) atoms. The second kappa shape index (κ2) is 3.68. The van der Waals surface area contributed by atoms with Crippen molar-refractivity contribution in [2.24, 2.45) is 0 Å². The minimum atomic E-state index is -1.90. The highest BCUT2D eigenvalue weighted by molar-refractivity contribution is 7.81. The first-order chi connectivity index (χ1) is 4.63. The molecule has 3 heteroatoms. The topological polar surface area (TPSA) is 37.3 Å². The lowest BCUT2D eigenvalue weighted by Crippen LogP contribution is -2.27. The van der Waals surface area contributed by atoms with E-state index in [9.17, 15) is 4.21 Å². The maximum atomic E-state index is 10.7. The highest BCUT2D eigenvalue weighted by atomic mass is 32.2. The first kappa shape index (κ1) is 9.59. The van der Waals surface area contributed by atoms with Crippen LogP contribution in [0.15, 0.2) is 25.3 Å². The van der Waals surface area contributed by atoms with Crippen LogP contribution in [0.3, 0.4) is 0 Å². The Morgan fingerprint density at radius 3 is 2.00 bits per heavy atom. The summed E-state index contributed by atoms with van der Waals surface area (Å²) in [6, 6.07) is 0. The fourth-order valence-electron chi connectivity index (χ4n) is 0.638. The molecule has 58 valence electrons. The lowest BCUT2D eigenvalue weighted by Gasteiger charge is -2.19. The van der Waals surface area contributed by atoms with Crippen LogP contribution in [0.1, 0.15) is 13.3 Å². The van der Waals surface area contributed by atoms with Crippen molar-refractivity contribution in [2.45, 2.75) is 18.1 Å². The summed E-state index contributed by atoms with van der Waals surface area (Å²) < 4.78 is 18.7. The molecule has 0 radical (unpaired) electrons. The van der Waals surface area contributed by atoms with E-state index < -0.39 is 15.8 Å². The van der Waals surface area contributed by atoms with Crippen molar-refractivity contribution >= 4 is 11.1 Å². The Balaban J connectivity index is 4.63. The van der Waals surface area contributed by atoms with Gasteiger partial charge in [0.1, 0.15) is 4.75 Å². The van der Waals surface area contributed by atoms with Gasteiger partial charge in [-0.1, -0.05) is 19.1 Å². The first-order valence-electron chi connectivity index (χ1n) is 3.01. The normalized spacial score (nSPS) is 14.2. The summed E-state index contributed by atoms with van der Waals surface area (Å²) in [5, 5.41) is 0. The Hall–Kier alpha value is -0.410. The van der Waals surface area contributed by atoms with Gasteiger partial charge in [0.05, 0.1) is 0 Å². The van der Waals surface area contributed by atoms with E-state index in [1.165, 1.54) is 12.2 Å². The summed E-state index contributed by atoms with van der Waals surface area (Å²) in [4.78, 5) is 0. The van der Waals surface area contributed by atoms with Crippen LogP contribution in [-0.2, 0) is 11.1 Å². The predicted molar refractivity (Wildman–Crippen MR) is 44.2 cm³/mol.